The van der Waals surface area contributed by atoms with Crippen molar-refractivity contribution in [3.8, 4) is 0 Å². The molecular weight excluding hydrogens is 250 g/mol. The van der Waals surface area contributed by atoms with Gasteiger partial charge < -0.3 is 16.0 Å². The summed E-state index contributed by atoms with van der Waals surface area (Å²) in [6.07, 6.45) is 4.77. The van der Waals surface area contributed by atoms with Crippen LogP contribution in [-0.4, -0.2) is 23.5 Å². The zero-order valence-corrected chi connectivity index (χ0v) is 11.4. The maximum Gasteiger partial charge on any atom is 0.217 e. The Morgan fingerprint density at radius 1 is 1.40 bits per heavy atom. The SMILES string of the molecule is NC(=O)C[C@H]1CN[C@@H]2Cc3c[nH]c4cccc(c34)[C@H]2C1. The van der Waals surface area contributed by atoms with Gasteiger partial charge in [-0.3, -0.25) is 4.79 Å². The number of nitrogens with one attached hydrogen (secondary N) is 2. The van der Waals surface area contributed by atoms with Crippen molar-refractivity contribution in [3.63, 3.8) is 0 Å². The Labute approximate surface area is 117 Å². The quantitative estimate of drug-likeness (QED) is 0.776. The topological polar surface area (TPSA) is 70.9 Å². The van der Waals surface area contributed by atoms with Gasteiger partial charge in [-0.25, -0.2) is 0 Å². The maximum atomic E-state index is 11.2. The van der Waals surface area contributed by atoms with E-state index in [1.54, 1.807) is 0 Å². The van der Waals surface area contributed by atoms with Crippen LogP contribution < -0.4 is 11.1 Å². The van der Waals surface area contributed by atoms with Gasteiger partial charge in [-0.15, -0.1) is 0 Å². The van der Waals surface area contributed by atoms with E-state index in [2.05, 4.69) is 34.7 Å². The van der Waals surface area contributed by atoms with Crippen molar-refractivity contribution < 1.29 is 4.79 Å². The van der Waals surface area contributed by atoms with Crippen LogP contribution in [0.3, 0.4) is 0 Å². The third-order valence-corrected chi connectivity index (χ3v) is 4.89. The second kappa shape index (κ2) is 4.35. The number of aromatic nitrogens is 1. The molecule has 104 valence electrons. The molecule has 1 fully saturated rings. The lowest BCUT2D eigenvalue weighted by molar-refractivity contribution is -0.119. The Morgan fingerprint density at radius 2 is 2.30 bits per heavy atom. The first-order valence-corrected chi connectivity index (χ1v) is 7.33. The molecule has 1 aliphatic carbocycles. The molecule has 0 radical (unpaired) electrons. The summed E-state index contributed by atoms with van der Waals surface area (Å²) in [7, 11) is 0. The maximum absolute atomic E-state index is 11.2. The Balaban J connectivity index is 1.73. The summed E-state index contributed by atoms with van der Waals surface area (Å²) in [5.41, 5.74) is 9.43. The molecule has 4 N–H and O–H groups in total. The number of amides is 1. The number of rotatable bonds is 2. The van der Waals surface area contributed by atoms with E-state index < -0.39 is 0 Å². The highest BCUT2D eigenvalue weighted by molar-refractivity contribution is 5.88. The monoisotopic (exact) mass is 269 g/mol. The number of piperidine rings is 1. The van der Waals surface area contributed by atoms with Crippen LogP contribution in [0.4, 0.5) is 0 Å². The third kappa shape index (κ3) is 1.75. The normalized spacial score (nSPS) is 28.3. The van der Waals surface area contributed by atoms with E-state index >= 15 is 0 Å². The number of H-pyrrole nitrogens is 1. The average molecular weight is 269 g/mol. The average Bonchev–Trinajstić information content (AvgIpc) is 2.84. The van der Waals surface area contributed by atoms with Crippen LogP contribution in [0.25, 0.3) is 10.9 Å². The number of hydrogen-bond acceptors (Lipinski definition) is 2. The van der Waals surface area contributed by atoms with Crippen LogP contribution in [0.15, 0.2) is 24.4 Å². The number of fused-ring (bicyclic) bond motifs is 2. The molecule has 4 rings (SSSR count). The van der Waals surface area contributed by atoms with Gasteiger partial charge in [0.25, 0.3) is 0 Å². The fourth-order valence-electron chi connectivity index (χ4n) is 4.06. The molecule has 1 aromatic heterocycles. The van der Waals surface area contributed by atoms with Crippen LogP contribution in [0, 0.1) is 5.92 Å². The van der Waals surface area contributed by atoms with Crippen molar-refractivity contribution in [2.75, 3.05) is 6.54 Å². The van der Waals surface area contributed by atoms with E-state index in [0.29, 0.717) is 24.3 Å². The minimum Gasteiger partial charge on any atom is -0.370 e. The highest BCUT2D eigenvalue weighted by Crippen LogP contribution is 2.42. The molecule has 0 unspecified atom stereocenters. The number of hydrogen-bond donors (Lipinski definition) is 3. The third-order valence-electron chi connectivity index (χ3n) is 4.89. The lowest BCUT2D eigenvalue weighted by atomic mass is 9.73. The first-order chi connectivity index (χ1) is 9.72. The second-order valence-electron chi connectivity index (χ2n) is 6.18. The van der Waals surface area contributed by atoms with Gasteiger partial charge in [0.1, 0.15) is 0 Å². The van der Waals surface area contributed by atoms with Gasteiger partial charge in [0, 0.05) is 35.5 Å². The molecule has 0 saturated carbocycles. The lowest BCUT2D eigenvalue weighted by Crippen LogP contribution is -2.47. The van der Waals surface area contributed by atoms with Gasteiger partial charge in [0.2, 0.25) is 5.91 Å². The Bertz CT molecular complexity index is 675. The highest BCUT2D eigenvalue weighted by Gasteiger charge is 2.36. The van der Waals surface area contributed by atoms with Gasteiger partial charge in [-0.1, -0.05) is 12.1 Å². The minimum absolute atomic E-state index is 0.188. The molecule has 1 aromatic carbocycles. The van der Waals surface area contributed by atoms with Gasteiger partial charge >= 0.3 is 0 Å². The summed E-state index contributed by atoms with van der Waals surface area (Å²) in [6.45, 7) is 0.903. The van der Waals surface area contributed by atoms with E-state index in [4.69, 9.17) is 5.73 Å². The number of carbonyl (C=O) groups excluding carboxylic acids is 1. The fraction of sp³-hybridized carbons (Fsp3) is 0.438. The predicted molar refractivity (Wildman–Crippen MR) is 78.5 cm³/mol. The van der Waals surface area contributed by atoms with Gasteiger partial charge in [-0.2, -0.15) is 0 Å². The molecule has 4 nitrogen and oxygen atoms in total. The molecule has 20 heavy (non-hydrogen) atoms. The summed E-state index contributed by atoms with van der Waals surface area (Å²) in [4.78, 5) is 14.5. The summed E-state index contributed by atoms with van der Waals surface area (Å²) < 4.78 is 0. The van der Waals surface area contributed by atoms with Gasteiger partial charge in [0.15, 0.2) is 0 Å². The van der Waals surface area contributed by atoms with Crippen molar-refractivity contribution in [3.05, 3.63) is 35.5 Å². The first-order valence-electron chi connectivity index (χ1n) is 7.33. The molecule has 4 heteroatoms. The summed E-state index contributed by atoms with van der Waals surface area (Å²) >= 11 is 0. The molecule has 1 saturated heterocycles. The smallest absolute Gasteiger partial charge is 0.217 e. The molecule has 1 amide bonds. The molecule has 1 aliphatic heterocycles. The van der Waals surface area contributed by atoms with Crippen LogP contribution in [0.2, 0.25) is 0 Å². The van der Waals surface area contributed by atoms with E-state index in [1.807, 2.05) is 0 Å². The summed E-state index contributed by atoms with van der Waals surface area (Å²) in [5.74, 6) is 0.677. The van der Waals surface area contributed by atoms with E-state index in [1.165, 1.54) is 22.0 Å². The Morgan fingerprint density at radius 3 is 3.15 bits per heavy atom. The van der Waals surface area contributed by atoms with Crippen molar-refractivity contribution in [1.82, 2.24) is 10.3 Å². The van der Waals surface area contributed by atoms with E-state index in [-0.39, 0.29) is 5.91 Å². The molecule has 3 atom stereocenters. The van der Waals surface area contributed by atoms with Crippen LogP contribution in [-0.2, 0) is 11.2 Å². The molecule has 0 bridgehead atoms. The van der Waals surface area contributed by atoms with E-state index in [9.17, 15) is 4.79 Å². The number of carbonyl (C=O) groups is 1. The number of primary amides is 1. The molecular formula is C16H19N3O. The highest BCUT2D eigenvalue weighted by atomic mass is 16.1. The molecule has 2 aromatic rings. The fourth-order valence-corrected chi connectivity index (χ4v) is 4.06. The van der Waals surface area contributed by atoms with Gasteiger partial charge in [-0.05, 0) is 42.5 Å². The van der Waals surface area contributed by atoms with Crippen LogP contribution in [0.5, 0.6) is 0 Å². The standard InChI is InChI=1S/C16H19N3O/c17-15(20)5-9-4-12-11-2-1-3-13-16(11)10(8-19-13)6-14(12)18-7-9/h1-3,8-9,12,14,18-19H,4-7H2,(H2,17,20)/t9-,12+,14+/m0/s1. The zero-order chi connectivity index (χ0) is 13.7. The Hall–Kier alpha value is -1.81. The van der Waals surface area contributed by atoms with Gasteiger partial charge in [0.05, 0.1) is 0 Å². The van der Waals surface area contributed by atoms with Crippen molar-refractivity contribution in [2.45, 2.75) is 31.2 Å². The molecule has 0 spiro atoms. The number of benzene rings is 1. The van der Waals surface area contributed by atoms with Crippen molar-refractivity contribution >= 4 is 16.8 Å². The minimum atomic E-state index is -0.188. The number of aromatic amines is 1. The summed E-state index contributed by atoms with van der Waals surface area (Å²) in [5, 5.41) is 5.03. The first kappa shape index (κ1) is 12.0. The second-order valence-corrected chi connectivity index (χ2v) is 6.18. The van der Waals surface area contributed by atoms with Crippen LogP contribution >= 0.6 is 0 Å². The molecule has 2 aliphatic rings. The van der Waals surface area contributed by atoms with Crippen molar-refractivity contribution in [1.29, 1.82) is 0 Å². The molecule has 2 heterocycles. The predicted octanol–water partition coefficient (Wildman–Crippen LogP) is 1.66. The largest absolute Gasteiger partial charge is 0.370 e. The number of nitrogens with two attached hydrogens (primary N) is 1. The Kier molecular flexibility index (Phi) is 2.60. The lowest BCUT2D eigenvalue weighted by Gasteiger charge is -2.40. The van der Waals surface area contributed by atoms with Crippen molar-refractivity contribution in [2.24, 2.45) is 11.7 Å². The zero-order valence-electron chi connectivity index (χ0n) is 11.4. The summed E-state index contributed by atoms with van der Waals surface area (Å²) in [6, 6.07) is 7.00. The van der Waals surface area contributed by atoms with Crippen LogP contribution in [0.1, 0.15) is 29.9 Å². The van der Waals surface area contributed by atoms with E-state index in [0.717, 1.165) is 19.4 Å².